The summed E-state index contributed by atoms with van der Waals surface area (Å²) in [5.41, 5.74) is 0.948. The van der Waals surface area contributed by atoms with E-state index < -0.39 is 10.0 Å². The van der Waals surface area contributed by atoms with Gasteiger partial charge in [0.1, 0.15) is 5.82 Å². The van der Waals surface area contributed by atoms with Crippen molar-refractivity contribution in [1.82, 2.24) is 14.9 Å². The second kappa shape index (κ2) is 6.74. The van der Waals surface area contributed by atoms with E-state index in [1.165, 1.54) is 12.1 Å². The van der Waals surface area contributed by atoms with Crippen LogP contribution in [-0.2, 0) is 17.1 Å². The van der Waals surface area contributed by atoms with Gasteiger partial charge in [-0.05, 0) is 30.5 Å². The molecule has 130 valence electrons. The Kier molecular flexibility index (Phi) is 5.10. The van der Waals surface area contributed by atoms with Crippen molar-refractivity contribution >= 4 is 15.9 Å². The molecule has 0 aliphatic carbocycles. The minimum Gasteiger partial charge on any atom is -0.342 e. The minimum atomic E-state index is -3.87. The molecule has 0 radical (unpaired) electrons. The summed E-state index contributed by atoms with van der Waals surface area (Å²) in [4.78, 5) is 16.9. The molecule has 24 heavy (non-hydrogen) atoms. The van der Waals surface area contributed by atoms with Gasteiger partial charge in [-0.2, -0.15) is 0 Å². The van der Waals surface area contributed by atoms with Crippen molar-refractivity contribution in [2.45, 2.75) is 31.7 Å². The molecular formula is C16H22N4O3S. The van der Waals surface area contributed by atoms with Gasteiger partial charge in [-0.3, -0.25) is 4.79 Å². The zero-order valence-corrected chi connectivity index (χ0v) is 15.0. The van der Waals surface area contributed by atoms with Crippen molar-refractivity contribution in [3.63, 3.8) is 0 Å². The van der Waals surface area contributed by atoms with E-state index in [1.54, 1.807) is 19.2 Å². The van der Waals surface area contributed by atoms with Gasteiger partial charge in [0.15, 0.2) is 0 Å². The van der Waals surface area contributed by atoms with E-state index in [4.69, 9.17) is 5.14 Å². The average Bonchev–Trinajstić information content (AvgIpc) is 2.89. The van der Waals surface area contributed by atoms with Gasteiger partial charge in [0, 0.05) is 25.0 Å². The number of primary sulfonamides is 1. The monoisotopic (exact) mass is 350 g/mol. The van der Waals surface area contributed by atoms with Crippen molar-refractivity contribution in [2.75, 3.05) is 0 Å². The van der Waals surface area contributed by atoms with Crippen LogP contribution in [0.1, 0.15) is 41.6 Å². The summed E-state index contributed by atoms with van der Waals surface area (Å²) in [5, 5.41) is 8.09. The predicted molar refractivity (Wildman–Crippen MR) is 90.8 cm³/mol. The molecule has 1 heterocycles. The number of nitrogens with two attached hydrogens (primary N) is 1. The molecule has 0 fully saturated rings. The SMILES string of the molecule is Cc1ccc(S(N)(=O)=O)cc1C(=O)N[C@H](c1nccn1C)C(C)C. The van der Waals surface area contributed by atoms with Crippen molar-refractivity contribution in [3.8, 4) is 0 Å². The summed E-state index contributed by atoms with van der Waals surface area (Å²) in [6.07, 6.45) is 3.48. The van der Waals surface area contributed by atoms with Crippen LogP contribution in [0.3, 0.4) is 0 Å². The maximum atomic E-state index is 12.7. The molecule has 1 aromatic carbocycles. The Labute approximate surface area is 141 Å². The fourth-order valence-corrected chi connectivity index (χ4v) is 2.99. The van der Waals surface area contributed by atoms with Gasteiger partial charge >= 0.3 is 0 Å². The molecule has 0 spiro atoms. The number of hydrogen-bond donors (Lipinski definition) is 2. The van der Waals surface area contributed by atoms with E-state index >= 15 is 0 Å². The van der Waals surface area contributed by atoms with Gasteiger partial charge in [0.25, 0.3) is 5.91 Å². The number of rotatable bonds is 5. The fraction of sp³-hybridized carbons (Fsp3) is 0.375. The second-order valence-corrected chi connectivity index (χ2v) is 7.67. The van der Waals surface area contributed by atoms with Crippen LogP contribution in [-0.4, -0.2) is 23.9 Å². The third-order valence-electron chi connectivity index (χ3n) is 3.87. The molecule has 0 saturated heterocycles. The number of hydrogen-bond acceptors (Lipinski definition) is 4. The molecule has 0 saturated carbocycles. The molecule has 0 aliphatic rings. The number of aromatic nitrogens is 2. The number of benzene rings is 1. The van der Waals surface area contributed by atoms with Crippen molar-refractivity contribution in [1.29, 1.82) is 0 Å². The molecule has 3 N–H and O–H groups in total. The van der Waals surface area contributed by atoms with E-state index in [2.05, 4.69) is 10.3 Å². The van der Waals surface area contributed by atoms with Crippen LogP contribution >= 0.6 is 0 Å². The third-order valence-corrected chi connectivity index (χ3v) is 4.78. The van der Waals surface area contributed by atoms with E-state index in [9.17, 15) is 13.2 Å². The summed E-state index contributed by atoms with van der Waals surface area (Å²) in [5.74, 6) is 0.482. The second-order valence-electron chi connectivity index (χ2n) is 6.11. The first kappa shape index (κ1) is 18.2. The standard InChI is InChI=1S/C16H22N4O3S/c1-10(2)14(15-18-7-8-20(15)4)19-16(21)13-9-12(24(17,22)23)6-5-11(13)3/h5-10,14H,1-4H3,(H,19,21)(H2,17,22,23)/t14-/m0/s1. The molecule has 1 amide bonds. The Hall–Kier alpha value is -2.19. The van der Waals surface area contributed by atoms with E-state index in [1.807, 2.05) is 31.7 Å². The lowest BCUT2D eigenvalue weighted by Crippen LogP contribution is -2.34. The summed E-state index contributed by atoms with van der Waals surface area (Å²) in [6.45, 7) is 5.70. The van der Waals surface area contributed by atoms with Gasteiger partial charge in [-0.15, -0.1) is 0 Å². The topological polar surface area (TPSA) is 107 Å². The van der Waals surface area contributed by atoms with Gasteiger partial charge in [-0.25, -0.2) is 18.5 Å². The van der Waals surface area contributed by atoms with Crippen LogP contribution in [0.4, 0.5) is 0 Å². The average molecular weight is 350 g/mol. The number of amides is 1. The van der Waals surface area contributed by atoms with Crippen LogP contribution in [0.25, 0.3) is 0 Å². The zero-order chi connectivity index (χ0) is 18.1. The Bertz CT molecular complexity index is 856. The van der Waals surface area contributed by atoms with E-state index in [0.29, 0.717) is 5.56 Å². The van der Waals surface area contributed by atoms with Gasteiger partial charge in [0.2, 0.25) is 10.0 Å². The number of carbonyl (C=O) groups excluding carboxylic acids is 1. The highest BCUT2D eigenvalue weighted by atomic mass is 32.2. The highest BCUT2D eigenvalue weighted by Gasteiger charge is 2.24. The van der Waals surface area contributed by atoms with Crippen LogP contribution in [0.15, 0.2) is 35.5 Å². The molecule has 1 atom stereocenters. The number of imidazole rings is 1. The van der Waals surface area contributed by atoms with Gasteiger partial charge in [0.05, 0.1) is 10.9 Å². The Morgan fingerprint density at radius 1 is 1.33 bits per heavy atom. The molecule has 0 aliphatic heterocycles. The Morgan fingerprint density at radius 2 is 2.00 bits per heavy atom. The van der Waals surface area contributed by atoms with E-state index in [-0.39, 0.29) is 28.3 Å². The smallest absolute Gasteiger partial charge is 0.252 e. The maximum Gasteiger partial charge on any atom is 0.252 e. The first-order chi connectivity index (χ1) is 11.1. The highest BCUT2D eigenvalue weighted by molar-refractivity contribution is 7.89. The Balaban J connectivity index is 2.36. The summed E-state index contributed by atoms with van der Waals surface area (Å²) < 4.78 is 24.9. The van der Waals surface area contributed by atoms with Crippen molar-refractivity contribution < 1.29 is 13.2 Å². The largest absolute Gasteiger partial charge is 0.342 e. The van der Waals surface area contributed by atoms with Crippen LogP contribution < -0.4 is 10.5 Å². The summed E-state index contributed by atoms with van der Waals surface area (Å²) in [7, 11) is -2.01. The number of nitrogens with one attached hydrogen (secondary N) is 1. The lowest BCUT2D eigenvalue weighted by molar-refractivity contribution is 0.0921. The molecular weight excluding hydrogens is 328 g/mol. The normalized spacial score (nSPS) is 13.1. The predicted octanol–water partition coefficient (Wildman–Crippen LogP) is 1.50. The lowest BCUT2D eigenvalue weighted by atomic mass is 10.0. The first-order valence-electron chi connectivity index (χ1n) is 7.52. The van der Waals surface area contributed by atoms with Crippen LogP contribution in [0.5, 0.6) is 0 Å². The van der Waals surface area contributed by atoms with E-state index in [0.717, 1.165) is 5.82 Å². The quantitative estimate of drug-likeness (QED) is 0.852. The van der Waals surface area contributed by atoms with Crippen LogP contribution in [0.2, 0.25) is 0 Å². The maximum absolute atomic E-state index is 12.7. The molecule has 0 bridgehead atoms. The molecule has 2 rings (SSSR count). The molecule has 7 nitrogen and oxygen atoms in total. The minimum absolute atomic E-state index is 0.0867. The molecule has 8 heteroatoms. The lowest BCUT2D eigenvalue weighted by Gasteiger charge is -2.22. The third kappa shape index (κ3) is 3.82. The van der Waals surface area contributed by atoms with Crippen molar-refractivity contribution in [3.05, 3.63) is 47.5 Å². The number of carbonyl (C=O) groups is 1. The molecule has 2 aromatic rings. The van der Waals surface area contributed by atoms with Crippen molar-refractivity contribution in [2.24, 2.45) is 18.1 Å². The molecule has 1 aromatic heterocycles. The fourth-order valence-electron chi connectivity index (χ4n) is 2.45. The van der Waals surface area contributed by atoms with Gasteiger partial charge in [-0.1, -0.05) is 19.9 Å². The summed E-state index contributed by atoms with van der Waals surface area (Å²) in [6, 6.07) is 3.96. The zero-order valence-electron chi connectivity index (χ0n) is 14.1. The molecule has 0 unspecified atom stereocenters. The number of sulfonamides is 1. The van der Waals surface area contributed by atoms with Crippen LogP contribution in [0, 0.1) is 12.8 Å². The summed E-state index contributed by atoms with van der Waals surface area (Å²) >= 11 is 0. The highest BCUT2D eigenvalue weighted by Crippen LogP contribution is 2.21. The number of nitrogens with zero attached hydrogens (tertiary/aromatic N) is 2. The first-order valence-corrected chi connectivity index (χ1v) is 9.07. The Morgan fingerprint density at radius 3 is 2.50 bits per heavy atom. The number of aryl methyl sites for hydroxylation is 2. The van der Waals surface area contributed by atoms with Gasteiger partial charge < -0.3 is 9.88 Å².